The Labute approximate surface area is 81.4 Å². The van der Waals surface area contributed by atoms with Crippen LogP contribution < -0.4 is 5.30 Å². The monoisotopic (exact) mass is 218 g/mol. The molecule has 6 heteroatoms. The summed E-state index contributed by atoms with van der Waals surface area (Å²) >= 11 is 0. The van der Waals surface area contributed by atoms with Crippen LogP contribution in [0.3, 0.4) is 0 Å². The predicted octanol–water partition coefficient (Wildman–Crippen LogP) is 1.21. The van der Waals surface area contributed by atoms with Gasteiger partial charge in [0.2, 0.25) is 0 Å². The smallest absolute Gasteiger partial charge is 0.364 e. The fourth-order valence-corrected chi connectivity index (χ4v) is 2.19. The average Bonchev–Trinajstić information content (AvgIpc) is 2.20. The molecule has 5 nitrogen and oxygen atoms in total. The summed E-state index contributed by atoms with van der Waals surface area (Å²) in [5, 5.41) is 18.5. The van der Waals surface area contributed by atoms with Crippen LogP contribution in [-0.2, 0) is 13.6 Å². The summed E-state index contributed by atoms with van der Waals surface area (Å²) in [7, 11) is -1.10. The molecule has 0 radical (unpaired) electrons. The van der Waals surface area contributed by atoms with Gasteiger partial charge in [-0.1, -0.05) is 0 Å². The second kappa shape index (κ2) is 4.00. The largest absolute Gasteiger partial charge is 0.508 e. The predicted molar refractivity (Wildman–Crippen MR) is 51.0 cm³/mol. The molecule has 0 atom stereocenters. The van der Waals surface area contributed by atoms with Gasteiger partial charge in [-0.3, -0.25) is 4.57 Å². The zero-order valence-corrected chi connectivity index (χ0v) is 8.69. The van der Waals surface area contributed by atoms with Crippen LogP contribution in [0, 0.1) is 0 Å². The maximum absolute atomic E-state index is 11.8. The van der Waals surface area contributed by atoms with Crippen LogP contribution in [0.5, 0.6) is 11.5 Å². The van der Waals surface area contributed by atoms with Crippen LogP contribution in [0.25, 0.3) is 0 Å². The summed E-state index contributed by atoms with van der Waals surface area (Å²) in [4.78, 5) is 0. The van der Waals surface area contributed by atoms with Crippen LogP contribution in [-0.4, -0.2) is 24.4 Å². The first-order valence-electron chi connectivity index (χ1n) is 3.77. The molecule has 14 heavy (non-hydrogen) atoms. The van der Waals surface area contributed by atoms with Gasteiger partial charge in [0.25, 0.3) is 0 Å². The van der Waals surface area contributed by atoms with Gasteiger partial charge in [0.1, 0.15) is 16.8 Å². The van der Waals surface area contributed by atoms with E-state index < -0.39 is 7.60 Å². The molecule has 0 spiro atoms. The van der Waals surface area contributed by atoms with Gasteiger partial charge in [0, 0.05) is 14.2 Å². The first kappa shape index (κ1) is 11.0. The second-order valence-corrected chi connectivity index (χ2v) is 4.74. The van der Waals surface area contributed by atoms with Crippen molar-refractivity contribution >= 4 is 12.9 Å². The highest BCUT2D eigenvalue weighted by atomic mass is 31.2. The minimum Gasteiger partial charge on any atom is -0.508 e. The molecular weight excluding hydrogens is 207 g/mol. The Kier molecular flexibility index (Phi) is 3.16. The van der Waals surface area contributed by atoms with Crippen LogP contribution in [0.2, 0.25) is 0 Å². The number of benzene rings is 1. The van der Waals surface area contributed by atoms with E-state index in [0.29, 0.717) is 0 Å². The van der Waals surface area contributed by atoms with Gasteiger partial charge in [-0.05, 0) is 18.2 Å². The first-order chi connectivity index (χ1) is 6.53. The second-order valence-electron chi connectivity index (χ2n) is 2.54. The van der Waals surface area contributed by atoms with Crippen LogP contribution in [0.1, 0.15) is 0 Å². The van der Waals surface area contributed by atoms with Crippen molar-refractivity contribution in [3.63, 3.8) is 0 Å². The first-order valence-corrected chi connectivity index (χ1v) is 5.32. The standard InChI is InChI=1S/C8H11O5P/c1-12-14(11,13-2)8-5-6(9)3-4-7(8)10/h3-5,9-10H,1-2H3. The molecule has 0 bridgehead atoms. The quantitative estimate of drug-likeness (QED) is 0.589. The van der Waals surface area contributed by atoms with E-state index >= 15 is 0 Å². The molecule has 0 heterocycles. The molecule has 0 saturated heterocycles. The summed E-state index contributed by atoms with van der Waals surface area (Å²) in [6.07, 6.45) is 0. The highest BCUT2D eigenvalue weighted by molar-refractivity contribution is 7.62. The molecule has 1 aromatic rings. The Bertz CT molecular complexity index is 368. The lowest BCUT2D eigenvalue weighted by molar-refractivity contribution is 0.286. The van der Waals surface area contributed by atoms with Gasteiger partial charge < -0.3 is 19.3 Å². The van der Waals surface area contributed by atoms with E-state index in [1.165, 1.54) is 26.4 Å². The molecular formula is C8H11O5P. The van der Waals surface area contributed by atoms with E-state index in [-0.39, 0.29) is 16.8 Å². The minimum atomic E-state index is -3.51. The number of hydrogen-bond donors (Lipinski definition) is 2. The average molecular weight is 218 g/mol. The topological polar surface area (TPSA) is 76.0 Å². The van der Waals surface area contributed by atoms with E-state index in [0.717, 1.165) is 6.07 Å². The number of hydrogen-bond acceptors (Lipinski definition) is 5. The van der Waals surface area contributed by atoms with Gasteiger partial charge in [-0.25, -0.2) is 0 Å². The Morgan fingerprint density at radius 2 is 1.79 bits per heavy atom. The number of aromatic hydroxyl groups is 2. The molecule has 1 rings (SSSR count). The van der Waals surface area contributed by atoms with Crippen molar-refractivity contribution < 1.29 is 23.8 Å². The lowest BCUT2D eigenvalue weighted by Gasteiger charge is -2.14. The summed E-state index contributed by atoms with van der Waals surface area (Å²) in [5.74, 6) is -0.359. The maximum atomic E-state index is 11.8. The minimum absolute atomic E-state index is 0.0532. The Morgan fingerprint density at radius 1 is 1.21 bits per heavy atom. The molecule has 0 aliphatic heterocycles. The number of phenols is 2. The summed E-state index contributed by atoms with van der Waals surface area (Å²) in [6.45, 7) is 0. The molecule has 1 aromatic carbocycles. The Balaban J connectivity index is 3.30. The lowest BCUT2D eigenvalue weighted by Crippen LogP contribution is -2.08. The Hall–Kier alpha value is -1.03. The third-order valence-electron chi connectivity index (χ3n) is 1.73. The van der Waals surface area contributed by atoms with Crippen molar-refractivity contribution in [2.24, 2.45) is 0 Å². The van der Waals surface area contributed by atoms with Crippen molar-refractivity contribution in [1.82, 2.24) is 0 Å². The highest BCUT2D eigenvalue weighted by Crippen LogP contribution is 2.47. The Morgan fingerprint density at radius 3 is 2.29 bits per heavy atom. The number of rotatable bonds is 3. The van der Waals surface area contributed by atoms with E-state index in [1.807, 2.05) is 0 Å². The molecule has 0 unspecified atom stereocenters. The van der Waals surface area contributed by atoms with Crippen LogP contribution in [0.15, 0.2) is 18.2 Å². The normalized spacial score (nSPS) is 11.6. The fraction of sp³-hybridized carbons (Fsp3) is 0.250. The van der Waals surface area contributed by atoms with Crippen molar-refractivity contribution in [3.05, 3.63) is 18.2 Å². The third-order valence-corrected chi connectivity index (χ3v) is 3.64. The van der Waals surface area contributed by atoms with E-state index in [1.54, 1.807) is 0 Å². The van der Waals surface area contributed by atoms with Gasteiger partial charge in [0.05, 0.1) is 0 Å². The highest BCUT2D eigenvalue weighted by Gasteiger charge is 2.28. The molecule has 2 N–H and O–H groups in total. The van der Waals surface area contributed by atoms with E-state index in [4.69, 9.17) is 5.11 Å². The summed E-state index contributed by atoms with van der Waals surface area (Å²) < 4.78 is 21.2. The van der Waals surface area contributed by atoms with Crippen LogP contribution >= 0.6 is 7.60 Å². The van der Waals surface area contributed by atoms with E-state index in [2.05, 4.69) is 9.05 Å². The zero-order chi connectivity index (χ0) is 10.8. The molecule has 78 valence electrons. The molecule has 0 saturated carbocycles. The molecule has 0 aliphatic carbocycles. The SMILES string of the molecule is COP(=O)(OC)c1cc(O)ccc1O. The molecule has 0 aromatic heterocycles. The van der Waals surface area contributed by atoms with Crippen molar-refractivity contribution in [2.45, 2.75) is 0 Å². The maximum Gasteiger partial charge on any atom is 0.364 e. The van der Waals surface area contributed by atoms with Gasteiger partial charge in [-0.2, -0.15) is 0 Å². The van der Waals surface area contributed by atoms with Crippen molar-refractivity contribution in [1.29, 1.82) is 0 Å². The lowest BCUT2D eigenvalue weighted by atomic mass is 10.3. The van der Waals surface area contributed by atoms with Crippen LogP contribution in [0.4, 0.5) is 0 Å². The molecule has 0 fully saturated rings. The third kappa shape index (κ3) is 1.90. The fourth-order valence-electron chi connectivity index (χ4n) is 1.00. The zero-order valence-electron chi connectivity index (χ0n) is 7.80. The van der Waals surface area contributed by atoms with Gasteiger partial charge >= 0.3 is 7.60 Å². The van der Waals surface area contributed by atoms with Gasteiger partial charge in [-0.15, -0.1) is 0 Å². The molecule has 0 amide bonds. The van der Waals surface area contributed by atoms with Crippen molar-refractivity contribution in [3.8, 4) is 11.5 Å². The summed E-state index contributed by atoms with van der Waals surface area (Å²) in [6, 6.07) is 3.63. The summed E-state index contributed by atoms with van der Waals surface area (Å²) in [5.41, 5.74) is 0. The number of phenolic OH excluding ortho intramolecular Hbond substituents is 2. The van der Waals surface area contributed by atoms with Gasteiger partial charge in [0.15, 0.2) is 0 Å². The van der Waals surface area contributed by atoms with Crippen molar-refractivity contribution in [2.75, 3.05) is 14.2 Å². The van der Waals surface area contributed by atoms with E-state index in [9.17, 15) is 9.67 Å². The molecule has 0 aliphatic rings.